The molecular weight excluding hydrogens is 376 g/mol. The SMILES string of the molecule is C[C@]12CCC(=O)C[C@H]1CC[C@@H]1[C@@H]2CC[C@]2(C)[C@@H](C(=O)COC3CCCCO3)CC[C@@H]12. The van der Waals surface area contributed by atoms with E-state index in [9.17, 15) is 9.59 Å². The summed E-state index contributed by atoms with van der Waals surface area (Å²) in [5.74, 6) is 3.74. The van der Waals surface area contributed by atoms with Crippen LogP contribution in [0.5, 0.6) is 0 Å². The summed E-state index contributed by atoms with van der Waals surface area (Å²) in [6.45, 7) is 5.91. The topological polar surface area (TPSA) is 52.6 Å². The van der Waals surface area contributed by atoms with E-state index < -0.39 is 0 Å². The molecule has 1 heterocycles. The summed E-state index contributed by atoms with van der Waals surface area (Å²) < 4.78 is 11.5. The van der Waals surface area contributed by atoms with Crippen molar-refractivity contribution in [2.24, 2.45) is 40.4 Å². The summed E-state index contributed by atoms with van der Waals surface area (Å²) in [5, 5.41) is 0. The van der Waals surface area contributed by atoms with Crippen molar-refractivity contribution in [3.8, 4) is 0 Å². The predicted octanol–water partition coefficient (Wildman–Crippen LogP) is 5.33. The summed E-state index contributed by atoms with van der Waals surface area (Å²) in [6.07, 6.45) is 12.8. The fourth-order valence-corrected chi connectivity index (χ4v) is 8.69. The van der Waals surface area contributed by atoms with Crippen LogP contribution < -0.4 is 0 Å². The number of rotatable bonds is 4. The van der Waals surface area contributed by atoms with Gasteiger partial charge in [0.25, 0.3) is 0 Å². The highest BCUT2D eigenvalue weighted by atomic mass is 16.7. The van der Waals surface area contributed by atoms with Crippen LogP contribution in [0.1, 0.15) is 90.9 Å². The first-order chi connectivity index (χ1) is 14.4. The Hall–Kier alpha value is -0.740. The van der Waals surface area contributed by atoms with E-state index in [0.717, 1.165) is 63.4 Å². The summed E-state index contributed by atoms with van der Waals surface area (Å²) >= 11 is 0. The average Bonchev–Trinajstić information content (AvgIpc) is 3.10. The van der Waals surface area contributed by atoms with Crippen LogP contribution in [0.15, 0.2) is 0 Å². The number of hydrogen-bond acceptors (Lipinski definition) is 4. The standard InChI is InChI=1S/C26H40O4/c1-25-12-10-18(27)15-17(25)6-7-19-20-8-9-22(26(20,2)13-11-21(19)25)23(28)16-30-24-5-3-4-14-29-24/h17,19-22,24H,3-16H2,1-2H3/t17-,19+,20+,21+,22-,24?,25+,26+/m1/s1. The third kappa shape index (κ3) is 3.41. The van der Waals surface area contributed by atoms with Gasteiger partial charge in [0, 0.05) is 25.4 Å². The van der Waals surface area contributed by atoms with Crippen molar-refractivity contribution in [1.29, 1.82) is 0 Å². The Kier molecular flexibility index (Phi) is 5.63. The molecule has 5 fully saturated rings. The molecule has 4 heteroatoms. The molecule has 1 unspecified atom stereocenters. The molecule has 4 saturated carbocycles. The number of ether oxygens (including phenoxy) is 2. The van der Waals surface area contributed by atoms with E-state index in [-0.39, 0.29) is 24.2 Å². The zero-order valence-electron chi connectivity index (χ0n) is 19.0. The second kappa shape index (κ2) is 7.99. The molecule has 168 valence electrons. The first kappa shape index (κ1) is 21.1. The highest BCUT2D eigenvalue weighted by molar-refractivity contribution is 5.83. The third-order valence-electron chi connectivity index (χ3n) is 10.4. The van der Waals surface area contributed by atoms with Gasteiger partial charge in [-0.2, -0.15) is 0 Å². The van der Waals surface area contributed by atoms with E-state index in [2.05, 4.69) is 13.8 Å². The van der Waals surface area contributed by atoms with E-state index in [1.807, 2.05) is 0 Å². The maximum atomic E-state index is 13.2. The predicted molar refractivity (Wildman–Crippen MR) is 115 cm³/mol. The van der Waals surface area contributed by atoms with Gasteiger partial charge in [0.05, 0.1) is 0 Å². The van der Waals surface area contributed by atoms with E-state index in [1.165, 1.54) is 32.1 Å². The minimum absolute atomic E-state index is 0.142. The molecule has 8 atom stereocenters. The Morgan fingerprint density at radius 2 is 1.83 bits per heavy atom. The van der Waals surface area contributed by atoms with Crippen molar-refractivity contribution in [3.05, 3.63) is 0 Å². The first-order valence-corrected chi connectivity index (χ1v) is 12.7. The molecule has 0 aromatic rings. The Morgan fingerprint density at radius 1 is 1.00 bits per heavy atom. The van der Waals surface area contributed by atoms with E-state index >= 15 is 0 Å². The molecule has 5 aliphatic rings. The van der Waals surface area contributed by atoms with Crippen molar-refractivity contribution < 1.29 is 19.1 Å². The molecule has 0 bridgehead atoms. The van der Waals surface area contributed by atoms with Crippen LogP contribution in [0.4, 0.5) is 0 Å². The third-order valence-corrected chi connectivity index (χ3v) is 10.4. The normalized spacial score (nSPS) is 48.5. The first-order valence-electron chi connectivity index (χ1n) is 12.7. The largest absolute Gasteiger partial charge is 0.353 e. The quantitative estimate of drug-likeness (QED) is 0.622. The van der Waals surface area contributed by atoms with Gasteiger partial charge in [0.2, 0.25) is 0 Å². The van der Waals surface area contributed by atoms with Crippen molar-refractivity contribution in [2.75, 3.05) is 13.2 Å². The minimum atomic E-state index is -0.173. The molecule has 0 N–H and O–H groups in total. The number of carbonyl (C=O) groups excluding carboxylic acids is 2. The molecule has 0 amide bonds. The van der Waals surface area contributed by atoms with Gasteiger partial charge in [0.15, 0.2) is 12.1 Å². The maximum Gasteiger partial charge on any atom is 0.162 e. The lowest BCUT2D eigenvalue weighted by Crippen LogP contribution is -2.54. The van der Waals surface area contributed by atoms with Gasteiger partial charge in [-0.25, -0.2) is 0 Å². The van der Waals surface area contributed by atoms with Gasteiger partial charge in [0.1, 0.15) is 12.4 Å². The fourth-order valence-electron chi connectivity index (χ4n) is 8.69. The van der Waals surface area contributed by atoms with Gasteiger partial charge >= 0.3 is 0 Å². The zero-order valence-corrected chi connectivity index (χ0v) is 19.0. The Bertz CT molecular complexity index is 683. The number of Topliss-reactive ketones (excluding diaryl/α,β-unsaturated/α-hetero) is 2. The van der Waals surface area contributed by atoms with Crippen LogP contribution >= 0.6 is 0 Å². The second-order valence-corrected chi connectivity index (χ2v) is 11.6. The Balaban J connectivity index is 1.27. The molecule has 4 nitrogen and oxygen atoms in total. The highest BCUT2D eigenvalue weighted by Crippen LogP contribution is 2.67. The summed E-state index contributed by atoms with van der Waals surface area (Å²) in [6, 6.07) is 0. The van der Waals surface area contributed by atoms with Crippen LogP contribution in [-0.4, -0.2) is 31.1 Å². The van der Waals surface area contributed by atoms with Gasteiger partial charge in [-0.15, -0.1) is 0 Å². The average molecular weight is 417 g/mol. The van der Waals surface area contributed by atoms with Crippen LogP contribution in [0.2, 0.25) is 0 Å². The number of hydrogen-bond donors (Lipinski definition) is 0. The van der Waals surface area contributed by atoms with Crippen LogP contribution in [0.25, 0.3) is 0 Å². The van der Waals surface area contributed by atoms with Crippen molar-refractivity contribution in [3.63, 3.8) is 0 Å². The fraction of sp³-hybridized carbons (Fsp3) is 0.923. The molecule has 4 aliphatic carbocycles. The second-order valence-electron chi connectivity index (χ2n) is 11.6. The lowest BCUT2D eigenvalue weighted by Gasteiger charge is -2.60. The Morgan fingerprint density at radius 3 is 2.63 bits per heavy atom. The molecule has 0 radical (unpaired) electrons. The van der Waals surface area contributed by atoms with Crippen molar-refractivity contribution in [2.45, 2.75) is 97.2 Å². The number of carbonyl (C=O) groups is 2. The lowest BCUT2D eigenvalue weighted by molar-refractivity contribution is -0.174. The summed E-state index contributed by atoms with van der Waals surface area (Å²) in [7, 11) is 0. The van der Waals surface area contributed by atoms with Gasteiger partial charge in [-0.3, -0.25) is 9.59 Å². The van der Waals surface area contributed by atoms with Crippen LogP contribution in [0, 0.1) is 40.4 Å². The van der Waals surface area contributed by atoms with Crippen molar-refractivity contribution in [1.82, 2.24) is 0 Å². The monoisotopic (exact) mass is 416 g/mol. The van der Waals surface area contributed by atoms with E-state index in [0.29, 0.717) is 28.8 Å². The van der Waals surface area contributed by atoms with Gasteiger partial charge in [-0.1, -0.05) is 13.8 Å². The summed E-state index contributed by atoms with van der Waals surface area (Å²) in [4.78, 5) is 25.3. The lowest BCUT2D eigenvalue weighted by atomic mass is 9.44. The smallest absolute Gasteiger partial charge is 0.162 e. The van der Waals surface area contributed by atoms with Crippen LogP contribution in [-0.2, 0) is 19.1 Å². The van der Waals surface area contributed by atoms with Crippen LogP contribution in [0.3, 0.4) is 0 Å². The number of ketones is 2. The van der Waals surface area contributed by atoms with E-state index in [1.54, 1.807) is 0 Å². The molecule has 30 heavy (non-hydrogen) atoms. The Labute approximate surface area is 181 Å². The van der Waals surface area contributed by atoms with Crippen molar-refractivity contribution >= 4 is 11.6 Å². The molecule has 1 saturated heterocycles. The molecular formula is C26H40O4. The molecule has 0 spiro atoms. The van der Waals surface area contributed by atoms with Gasteiger partial charge in [-0.05, 0) is 98.7 Å². The molecule has 0 aromatic carbocycles. The maximum absolute atomic E-state index is 13.2. The summed E-state index contributed by atoms with van der Waals surface area (Å²) in [5.41, 5.74) is 0.490. The number of fused-ring (bicyclic) bond motifs is 5. The highest BCUT2D eigenvalue weighted by Gasteiger charge is 2.61. The van der Waals surface area contributed by atoms with E-state index in [4.69, 9.17) is 9.47 Å². The van der Waals surface area contributed by atoms with Gasteiger partial charge < -0.3 is 9.47 Å². The zero-order chi connectivity index (χ0) is 20.9. The minimum Gasteiger partial charge on any atom is -0.353 e. The molecule has 5 rings (SSSR count). The molecule has 1 aliphatic heterocycles. The molecule has 0 aromatic heterocycles.